The van der Waals surface area contributed by atoms with Crippen molar-refractivity contribution in [3.63, 3.8) is 0 Å². The van der Waals surface area contributed by atoms with Crippen molar-refractivity contribution < 1.29 is 9.59 Å². The molecule has 2 unspecified atom stereocenters. The maximum absolute atomic E-state index is 11.1. The summed E-state index contributed by atoms with van der Waals surface area (Å²) in [6.07, 6.45) is 2.31. The molecule has 0 aromatic carbocycles. The maximum atomic E-state index is 11.1. The third kappa shape index (κ3) is 2.22. The zero-order valence-corrected chi connectivity index (χ0v) is 7.17. The van der Waals surface area contributed by atoms with Crippen molar-refractivity contribution in [3.05, 3.63) is 0 Å². The van der Waals surface area contributed by atoms with Crippen molar-refractivity contribution in [3.8, 4) is 0 Å². The fourth-order valence-corrected chi connectivity index (χ4v) is 1.48. The fourth-order valence-electron chi connectivity index (χ4n) is 1.48. The molecule has 2 amide bonds. The molecule has 0 saturated carbocycles. The molecule has 0 aromatic rings. The van der Waals surface area contributed by atoms with Crippen LogP contribution >= 0.6 is 0 Å². The van der Waals surface area contributed by atoms with Crippen LogP contribution in [0.4, 0.5) is 0 Å². The lowest BCUT2D eigenvalue weighted by Gasteiger charge is -2.12. The molecule has 12 heavy (non-hydrogen) atoms. The van der Waals surface area contributed by atoms with E-state index in [1.54, 1.807) is 0 Å². The van der Waals surface area contributed by atoms with E-state index in [4.69, 9.17) is 0 Å². The third-order valence-electron chi connectivity index (χ3n) is 2.15. The normalized spacial score (nSPS) is 24.8. The van der Waals surface area contributed by atoms with Crippen molar-refractivity contribution >= 4 is 12.3 Å². The summed E-state index contributed by atoms with van der Waals surface area (Å²) in [5.74, 6) is 0.210. The van der Waals surface area contributed by atoms with Crippen molar-refractivity contribution in [1.82, 2.24) is 10.6 Å². The molecule has 0 spiro atoms. The molecule has 2 atom stereocenters. The van der Waals surface area contributed by atoms with Crippen LogP contribution < -0.4 is 10.6 Å². The smallest absolute Gasteiger partial charge is 0.223 e. The minimum Gasteiger partial charge on any atom is -0.356 e. The van der Waals surface area contributed by atoms with E-state index in [2.05, 4.69) is 10.6 Å². The predicted molar refractivity (Wildman–Crippen MR) is 44.4 cm³/mol. The maximum Gasteiger partial charge on any atom is 0.223 e. The van der Waals surface area contributed by atoms with Gasteiger partial charge in [0.15, 0.2) is 0 Å². The van der Waals surface area contributed by atoms with Crippen molar-refractivity contribution in [2.45, 2.75) is 25.8 Å². The van der Waals surface area contributed by atoms with Gasteiger partial charge in [0.2, 0.25) is 12.3 Å². The first-order valence-corrected chi connectivity index (χ1v) is 4.21. The summed E-state index contributed by atoms with van der Waals surface area (Å²) in [4.78, 5) is 21.1. The van der Waals surface area contributed by atoms with Crippen LogP contribution in [0.25, 0.3) is 0 Å². The quantitative estimate of drug-likeness (QED) is 0.566. The van der Waals surface area contributed by atoms with E-state index in [0.29, 0.717) is 6.41 Å². The number of hydrogen-bond acceptors (Lipinski definition) is 2. The Balaban J connectivity index is 2.29. The van der Waals surface area contributed by atoms with Gasteiger partial charge in [-0.1, -0.05) is 0 Å². The summed E-state index contributed by atoms with van der Waals surface area (Å²) in [5.41, 5.74) is 0. The number of rotatable bonds is 4. The molecule has 0 aliphatic carbocycles. The zero-order chi connectivity index (χ0) is 8.97. The van der Waals surface area contributed by atoms with Gasteiger partial charge in [-0.2, -0.15) is 0 Å². The van der Waals surface area contributed by atoms with E-state index < -0.39 is 0 Å². The minimum atomic E-state index is 0.0902. The monoisotopic (exact) mass is 170 g/mol. The van der Waals surface area contributed by atoms with Crippen LogP contribution in [0.1, 0.15) is 19.8 Å². The Hall–Kier alpha value is -1.06. The van der Waals surface area contributed by atoms with Gasteiger partial charge in [0.25, 0.3) is 0 Å². The molecule has 1 fully saturated rings. The second-order valence-electron chi connectivity index (χ2n) is 3.20. The van der Waals surface area contributed by atoms with E-state index >= 15 is 0 Å². The van der Waals surface area contributed by atoms with E-state index in [1.807, 2.05) is 6.92 Å². The summed E-state index contributed by atoms with van der Waals surface area (Å²) in [6.45, 7) is 2.68. The lowest BCUT2D eigenvalue weighted by atomic mass is 10.00. The summed E-state index contributed by atoms with van der Waals surface area (Å²) in [6, 6.07) is 0.0938. The van der Waals surface area contributed by atoms with E-state index in [9.17, 15) is 9.59 Å². The van der Waals surface area contributed by atoms with Gasteiger partial charge in [0.05, 0.1) is 0 Å². The highest BCUT2D eigenvalue weighted by Crippen LogP contribution is 2.15. The fraction of sp³-hybridized carbons (Fsp3) is 0.750. The molecule has 1 heterocycles. The summed E-state index contributed by atoms with van der Waals surface area (Å²) >= 11 is 0. The molecule has 1 rings (SSSR count). The predicted octanol–water partition coefficient (Wildman–Crippen LogP) is -0.353. The standard InChI is InChI=1S/C8H14N2O2/c1-6(10-5-11)4-7-2-3-9-8(7)12/h5-7H,2-4H2,1H3,(H,9,12)(H,10,11). The van der Waals surface area contributed by atoms with Crippen LogP contribution in [-0.4, -0.2) is 24.9 Å². The van der Waals surface area contributed by atoms with E-state index in [0.717, 1.165) is 19.4 Å². The van der Waals surface area contributed by atoms with Gasteiger partial charge in [0.1, 0.15) is 0 Å². The van der Waals surface area contributed by atoms with Gasteiger partial charge in [-0.15, -0.1) is 0 Å². The van der Waals surface area contributed by atoms with Crippen LogP contribution in [-0.2, 0) is 9.59 Å². The second-order valence-corrected chi connectivity index (χ2v) is 3.20. The van der Waals surface area contributed by atoms with Gasteiger partial charge in [0, 0.05) is 18.5 Å². The van der Waals surface area contributed by atoms with Gasteiger partial charge >= 0.3 is 0 Å². The highest BCUT2D eigenvalue weighted by atomic mass is 16.2. The first-order chi connectivity index (χ1) is 5.74. The largest absolute Gasteiger partial charge is 0.356 e. The van der Waals surface area contributed by atoms with Gasteiger partial charge in [-0.05, 0) is 19.8 Å². The molecule has 1 saturated heterocycles. The second kappa shape index (κ2) is 4.09. The zero-order valence-electron chi connectivity index (χ0n) is 7.17. The molecule has 0 bridgehead atoms. The minimum absolute atomic E-state index is 0.0902. The Kier molecular flexibility index (Phi) is 3.08. The Morgan fingerprint density at radius 1 is 1.83 bits per heavy atom. The first-order valence-electron chi connectivity index (χ1n) is 4.21. The molecule has 0 radical (unpaired) electrons. The molecular weight excluding hydrogens is 156 g/mol. The first kappa shape index (κ1) is 9.03. The topological polar surface area (TPSA) is 58.2 Å². The van der Waals surface area contributed by atoms with E-state index in [-0.39, 0.29) is 17.9 Å². The molecule has 4 nitrogen and oxygen atoms in total. The molecule has 4 heteroatoms. The molecule has 1 aliphatic heterocycles. The van der Waals surface area contributed by atoms with Crippen molar-refractivity contribution in [1.29, 1.82) is 0 Å². The molecular formula is C8H14N2O2. The molecule has 1 aliphatic rings. The van der Waals surface area contributed by atoms with Gasteiger partial charge < -0.3 is 10.6 Å². The number of hydrogen-bond donors (Lipinski definition) is 2. The summed E-state index contributed by atoms with van der Waals surface area (Å²) in [5, 5.41) is 5.39. The van der Waals surface area contributed by atoms with Crippen LogP contribution in [0.3, 0.4) is 0 Å². The van der Waals surface area contributed by atoms with Crippen LogP contribution in [0.2, 0.25) is 0 Å². The average molecular weight is 170 g/mol. The Morgan fingerprint density at radius 3 is 3.08 bits per heavy atom. The highest BCUT2D eigenvalue weighted by molar-refractivity contribution is 5.80. The Morgan fingerprint density at radius 2 is 2.58 bits per heavy atom. The lowest BCUT2D eigenvalue weighted by Crippen LogP contribution is -2.29. The van der Waals surface area contributed by atoms with Crippen molar-refractivity contribution in [2.24, 2.45) is 5.92 Å². The SMILES string of the molecule is CC(CC1CCNC1=O)NC=O. The molecule has 68 valence electrons. The van der Waals surface area contributed by atoms with Crippen LogP contribution in [0, 0.1) is 5.92 Å². The number of amides is 2. The highest BCUT2D eigenvalue weighted by Gasteiger charge is 2.25. The van der Waals surface area contributed by atoms with Crippen LogP contribution in [0.5, 0.6) is 0 Å². The summed E-state index contributed by atoms with van der Waals surface area (Å²) < 4.78 is 0. The Bertz CT molecular complexity index is 182. The van der Waals surface area contributed by atoms with Gasteiger partial charge in [-0.3, -0.25) is 9.59 Å². The molecule has 2 N–H and O–H groups in total. The number of carbonyl (C=O) groups excluding carboxylic acids is 2. The van der Waals surface area contributed by atoms with Crippen molar-refractivity contribution in [2.75, 3.05) is 6.54 Å². The average Bonchev–Trinajstić information content (AvgIpc) is 2.37. The molecule has 0 aromatic heterocycles. The summed E-state index contributed by atoms with van der Waals surface area (Å²) in [7, 11) is 0. The lowest BCUT2D eigenvalue weighted by molar-refractivity contribution is -0.123. The van der Waals surface area contributed by atoms with Crippen LogP contribution in [0.15, 0.2) is 0 Å². The van der Waals surface area contributed by atoms with Gasteiger partial charge in [-0.25, -0.2) is 0 Å². The van der Waals surface area contributed by atoms with E-state index in [1.165, 1.54) is 0 Å². The third-order valence-corrected chi connectivity index (χ3v) is 2.15. The number of nitrogens with one attached hydrogen (secondary N) is 2. The number of carbonyl (C=O) groups is 2. The Labute approximate surface area is 71.7 Å².